The number of carboxylic acid groups (broad SMARTS) is 1. The predicted octanol–water partition coefficient (Wildman–Crippen LogP) is 1.96. The van der Waals surface area contributed by atoms with Gasteiger partial charge in [0.2, 0.25) is 0 Å². The van der Waals surface area contributed by atoms with Gasteiger partial charge in [-0.1, -0.05) is 6.07 Å². The lowest BCUT2D eigenvalue weighted by molar-refractivity contribution is -0.139. The van der Waals surface area contributed by atoms with Gasteiger partial charge in [0.1, 0.15) is 11.6 Å². The van der Waals surface area contributed by atoms with E-state index in [0.717, 1.165) is 5.56 Å². The van der Waals surface area contributed by atoms with Crippen molar-refractivity contribution in [2.24, 2.45) is 5.73 Å². The molecule has 0 amide bonds. The maximum absolute atomic E-state index is 10.8. The molecule has 5 heteroatoms. The van der Waals surface area contributed by atoms with E-state index in [1.807, 2.05) is 25.1 Å². The summed E-state index contributed by atoms with van der Waals surface area (Å²) in [5.74, 6) is 0.167. The van der Waals surface area contributed by atoms with Crippen molar-refractivity contribution in [3.8, 4) is 11.5 Å². The number of hydrogen-bond acceptors (Lipinski definition) is 4. The van der Waals surface area contributed by atoms with Gasteiger partial charge in [-0.3, -0.25) is 4.79 Å². The normalized spacial score (nSPS) is 12.9. The first-order chi connectivity index (χ1) is 8.75. The molecule has 0 heterocycles. The highest BCUT2D eigenvalue weighted by atomic mass is 16.5. The van der Waals surface area contributed by atoms with Crippen LogP contribution in [-0.2, 0) is 4.79 Å². The zero-order chi connectivity index (χ0) is 14.6. The third-order valence-electron chi connectivity index (χ3n) is 2.73. The highest BCUT2D eigenvalue weighted by Crippen LogP contribution is 2.32. The second-order valence-electron chi connectivity index (χ2n) is 5.16. The average Bonchev–Trinajstić information content (AvgIpc) is 2.30. The Morgan fingerprint density at radius 3 is 2.58 bits per heavy atom. The molecule has 19 heavy (non-hydrogen) atoms. The summed E-state index contributed by atoms with van der Waals surface area (Å²) in [4.78, 5) is 10.8. The van der Waals surface area contributed by atoms with E-state index in [0.29, 0.717) is 11.5 Å². The smallest absolute Gasteiger partial charge is 0.320 e. The lowest BCUT2D eigenvalue weighted by Gasteiger charge is -2.28. The Hall–Kier alpha value is -1.75. The van der Waals surface area contributed by atoms with E-state index >= 15 is 0 Å². The standard InChI is InChI=1S/C14H21NO4/c1-9-5-6-11(12(7-9)18-4)19-14(2,3)8-10(15)13(16)17/h5-7,10H,8,15H2,1-4H3,(H,16,17). The van der Waals surface area contributed by atoms with Crippen molar-refractivity contribution in [2.75, 3.05) is 7.11 Å². The zero-order valence-electron chi connectivity index (χ0n) is 11.8. The number of ether oxygens (including phenoxy) is 2. The van der Waals surface area contributed by atoms with E-state index in [9.17, 15) is 4.79 Å². The first kappa shape index (κ1) is 15.3. The molecule has 0 radical (unpaired) electrons. The molecular formula is C14H21NO4. The van der Waals surface area contributed by atoms with Crippen molar-refractivity contribution in [1.82, 2.24) is 0 Å². The maximum atomic E-state index is 10.8. The van der Waals surface area contributed by atoms with Crippen molar-refractivity contribution in [3.05, 3.63) is 23.8 Å². The number of rotatable bonds is 6. The molecule has 0 bridgehead atoms. The van der Waals surface area contributed by atoms with Crippen LogP contribution in [0.1, 0.15) is 25.8 Å². The summed E-state index contributed by atoms with van der Waals surface area (Å²) in [6, 6.07) is 4.63. The number of benzene rings is 1. The summed E-state index contributed by atoms with van der Waals surface area (Å²) >= 11 is 0. The van der Waals surface area contributed by atoms with Crippen molar-refractivity contribution in [3.63, 3.8) is 0 Å². The van der Waals surface area contributed by atoms with Gasteiger partial charge in [0, 0.05) is 6.42 Å². The molecule has 0 aliphatic carbocycles. The molecule has 1 unspecified atom stereocenters. The van der Waals surface area contributed by atoms with E-state index < -0.39 is 17.6 Å². The maximum Gasteiger partial charge on any atom is 0.320 e. The molecule has 0 aliphatic rings. The number of carboxylic acids is 1. The monoisotopic (exact) mass is 267 g/mol. The van der Waals surface area contributed by atoms with Crippen LogP contribution in [0.2, 0.25) is 0 Å². The number of aryl methyl sites for hydroxylation is 1. The van der Waals surface area contributed by atoms with Crippen LogP contribution in [0.3, 0.4) is 0 Å². The van der Waals surface area contributed by atoms with E-state index in [2.05, 4.69) is 0 Å². The van der Waals surface area contributed by atoms with E-state index in [1.165, 1.54) is 0 Å². The Kier molecular flexibility index (Phi) is 4.78. The Bertz CT molecular complexity index is 457. The highest BCUT2D eigenvalue weighted by molar-refractivity contribution is 5.73. The summed E-state index contributed by atoms with van der Waals surface area (Å²) < 4.78 is 11.1. The average molecular weight is 267 g/mol. The van der Waals surface area contributed by atoms with Crippen LogP contribution in [0.25, 0.3) is 0 Å². The van der Waals surface area contributed by atoms with Gasteiger partial charge in [0.05, 0.1) is 7.11 Å². The zero-order valence-corrected chi connectivity index (χ0v) is 11.8. The highest BCUT2D eigenvalue weighted by Gasteiger charge is 2.27. The molecule has 0 aliphatic heterocycles. The summed E-state index contributed by atoms with van der Waals surface area (Å²) in [6.07, 6.45) is 0.208. The number of hydrogen-bond donors (Lipinski definition) is 2. The Balaban J connectivity index is 2.85. The largest absolute Gasteiger partial charge is 0.493 e. The molecule has 0 saturated carbocycles. The number of aliphatic carboxylic acids is 1. The Morgan fingerprint density at radius 1 is 1.42 bits per heavy atom. The minimum atomic E-state index is -1.03. The van der Waals surface area contributed by atoms with Gasteiger partial charge in [-0.25, -0.2) is 0 Å². The van der Waals surface area contributed by atoms with Crippen LogP contribution in [0, 0.1) is 6.92 Å². The lowest BCUT2D eigenvalue weighted by atomic mass is 9.99. The van der Waals surface area contributed by atoms with Crippen LogP contribution < -0.4 is 15.2 Å². The quantitative estimate of drug-likeness (QED) is 0.823. The molecule has 5 nitrogen and oxygen atoms in total. The lowest BCUT2D eigenvalue weighted by Crippen LogP contribution is -2.41. The van der Waals surface area contributed by atoms with Gasteiger partial charge in [-0.05, 0) is 38.5 Å². The van der Waals surface area contributed by atoms with Crippen LogP contribution in [-0.4, -0.2) is 29.8 Å². The molecule has 1 aromatic carbocycles. The topological polar surface area (TPSA) is 81.8 Å². The molecule has 3 N–H and O–H groups in total. The number of nitrogens with two attached hydrogens (primary N) is 1. The molecule has 0 saturated heterocycles. The van der Waals surface area contributed by atoms with Crippen molar-refractivity contribution < 1.29 is 19.4 Å². The summed E-state index contributed by atoms with van der Waals surface area (Å²) in [6.45, 7) is 5.56. The van der Waals surface area contributed by atoms with E-state index in [-0.39, 0.29) is 6.42 Å². The van der Waals surface area contributed by atoms with E-state index in [1.54, 1.807) is 21.0 Å². The van der Waals surface area contributed by atoms with Gasteiger partial charge < -0.3 is 20.3 Å². The van der Waals surface area contributed by atoms with Crippen molar-refractivity contribution >= 4 is 5.97 Å². The second-order valence-corrected chi connectivity index (χ2v) is 5.16. The molecule has 106 valence electrons. The summed E-state index contributed by atoms with van der Waals surface area (Å²) in [7, 11) is 1.57. The number of carbonyl (C=O) groups is 1. The Morgan fingerprint density at radius 2 is 2.05 bits per heavy atom. The van der Waals surface area contributed by atoms with Crippen LogP contribution >= 0.6 is 0 Å². The van der Waals surface area contributed by atoms with Gasteiger partial charge in [-0.2, -0.15) is 0 Å². The molecular weight excluding hydrogens is 246 g/mol. The first-order valence-electron chi connectivity index (χ1n) is 6.07. The van der Waals surface area contributed by atoms with Gasteiger partial charge in [0.25, 0.3) is 0 Å². The molecule has 0 fully saturated rings. The number of methoxy groups -OCH3 is 1. The molecule has 1 aromatic rings. The first-order valence-corrected chi connectivity index (χ1v) is 6.07. The van der Waals surface area contributed by atoms with Crippen LogP contribution in [0.5, 0.6) is 11.5 Å². The molecule has 1 rings (SSSR count). The minimum absolute atomic E-state index is 0.208. The van der Waals surface area contributed by atoms with Gasteiger partial charge >= 0.3 is 5.97 Å². The third kappa shape index (κ3) is 4.44. The van der Waals surface area contributed by atoms with Gasteiger partial charge in [-0.15, -0.1) is 0 Å². The molecule has 1 atom stereocenters. The predicted molar refractivity (Wildman–Crippen MR) is 72.7 cm³/mol. The fraction of sp³-hybridized carbons (Fsp3) is 0.500. The third-order valence-corrected chi connectivity index (χ3v) is 2.73. The van der Waals surface area contributed by atoms with E-state index in [4.69, 9.17) is 20.3 Å². The van der Waals surface area contributed by atoms with Gasteiger partial charge in [0.15, 0.2) is 11.5 Å². The van der Waals surface area contributed by atoms with Crippen molar-refractivity contribution in [1.29, 1.82) is 0 Å². The Labute approximate surface area is 113 Å². The molecule has 0 spiro atoms. The SMILES string of the molecule is COc1cc(C)ccc1OC(C)(C)CC(N)C(=O)O. The minimum Gasteiger partial charge on any atom is -0.493 e. The van der Waals surface area contributed by atoms with Crippen LogP contribution in [0.15, 0.2) is 18.2 Å². The molecule has 0 aromatic heterocycles. The van der Waals surface area contributed by atoms with Crippen LogP contribution in [0.4, 0.5) is 0 Å². The summed E-state index contributed by atoms with van der Waals surface area (Å²) in [5, 5.41) is 8.84. The van der Waals surface area contributed by atoms with Crippen molar-refractivity contribution in [2.45, 2.75) is 38.8 Å². The summed E-state index contributed by atoms with van der Waals surface area (Å²) in [5.41, 5.74) is 5.91. The fourth-order valence-corrected chi connectivity index (χ4v) is 1.82. The fourth-order valence-electron chi connectivity index (χ4n) is 1.82. The second kappa shape index (κ2) is 5.93.